The lowest BCUT2D eigenvalue weighted by molar-refractivity contribution is -0.141. The van der Waals surface area contributed by atoms with E-state index in [1.807, 2.05) is 24.3 Å². The molecule has 9 heteroatoms. The highest BCUT2D eigenvalue weighted by molar-refractivity contribution is 5.83. The van der Waals surface area contributed by atoms with E-state index < -0.39 is 12.0 Å². The molecule has 192 valence electrons. The summed E-state index contributed by atoms with van der Waals surface area (Å²) in [5.41, 5.74) is 3.86. The van der Waals surface area contributed by atoms with E-state index in [0.29, 0.717) is 29.9 Å². The maximum Gasteiger partial charge on any atom is 0.316 e. The number of nitrogens with zero attached hydrogens (tertiary/aromatic N) is 4. The van der Waals surface area contributed by atoms with E-state index in [1.54, 1.807) is 30.6 Å². The van der Waals surface area contributed by atoms with Crippen molar-refractivity contribution in [3.8, 4) is 17.1 Å². The van der Waals surface area contributed by atoms with Crippen LogP contribution in [-0.2, 0) is 23.2 Å². The number of H-pyrrole nitrogens is 1. The standard InChI is InChI=1S/C29H27N5O4/c1-38-28-30-15-20(16-31-28)18-6-5-7-19(14-18)24(35)26(37)34-13-10-23-22(17-34)25(36)33-27(32-23)29(11-12-29)21-8-3-2-4-9-21/h2-9,14-16,24,35H,10-13,17H2,1H3,(H,32,33,36). The number of carbonyl (C=O) groups is 1. The summed E-state index contributed by atoms with van der Waals surface area (Å²) < 4.78 is 5.00. The summed E-state index contributed by atoms with van der Waals surface area (Å²) in [7, 11) is 1.49. The van der Waals surface area contributed by atoms with Crippen LogP contribution in [0.1, 0.15) is 47.2 Å². The van der Waals surface area contributed by atoms with Gasteiger partial charge in [0.05, 0.1) is 30.3 Å². The Bertz CT molecular complexity index is 1550. The van der Waals surface area contributed by atoms with Crippen molar-refractivity contribution in [3.63, 3.8) is 0 Å². The number of hydrogen-bond acceptors (Lipinski definition) is 7. The van der Waals surface area contributed by atoms with Crippen LogP contribution in [0, 0.1) is 0 Å². The number of benzene rings is 2. The Morgan fingerprint density at radius 3 is 2.55 bits per heavy atom. The lowest BCUT2D eigenvalue weighted by atomic mass is 9.94. The highest BCUT2D eigenvalue weighted by Gasteiger charge is 2.48. The summed E-state index contributed by atoms with van der Waals surface area (Å²) in [5, 5.41) is 11.0. The van der Waals surface area contributed by atoms with Gasteiger partial charge in [-0.3, -0.25) is 9.59 Å². The Balaban J connectivity index is 1.21. The number of fused-ring (bicyclic) bond motifs is 1. The number of methoxy groups -OCH3 is 1. The summed E-state index contributed by atoms with van der Waals surface area (Å²) in [6.07, 6.45) is 4.22. The van der Waals surface area contributed by atoms with Crippen LogP contribution in [0.4, 0.5) is 0 Å². The van der Waals surface area contributed by atoms with Gasteiger partial charge in [-0.2, -0.15) is 0 Å². The Hall–Kier alpha value is -4.37. The fourth-order valence-electron chi connectivity index (χ4n) is 5.16. The molecule has 9 nitrogen and oxygen atoms in total. The van der Waals surface area contributed by atoms with Gasteiger partial charge < -0.3 is 19.7 Å². The van der Waals surface area contributed by atoms with Gasteiger partial charge in [-0.25, -0.2) is 15.0 Å². The molecular formula is C29H27N5O4. The fraction of sp³-hybridized carbons (Fsp3) is 0.276. The van der Waals surface area contributed by atoms with Gasteiger partial charge in [0.1, 0.15) is 5.82 Å². The molecule has 3 heterocycles. The summed E-state index contributed by atoms with van der Waals surface area (Å²) in [4.78, 5) is 44.0. The summed E-state index contributed by atoms with van der Waals surface area (Å²) in [6, 6.07) is 17.5. The van der Waals surface area contributed by atoms with Gasteiger partial charge in [-0.05, 0) is 35.6 Å². The largest absolute Gasteiger partial charge is 0.467 e. The average Bonchev–Trinajstić information content (AvgIpc) is 3.79. The van der Waals surface area contributed by atoms with Crippen molar-refractivity contribution >= 4 is 5.91 Å². The van der Waals surface area contributed by atoms with Crippen LogP contribution >= 0.6 is 0 Å². The summed E-state index contributed by atoms with van der Waals surface area (Å²) in [5.74, 6) is 0.247. The monoisotopic (exact) mass is 509 g/mol. The van der Waals surface area contributed by atoms with Crippen LogP contribution in [0.5, 0.6) is 6.01 Å². The number of aliphatic hydroxyl groups excluding tert-OH is 1. The highest BCUT2D eigenvalue weighted by atomic mass is 16.5. The Labute approximate surface area is 219 Å². The highest BCUT2D eigenvalue weighted by Crippen LogP contribution is 2.51. The van der Waals surface area contributed by atoms with Crippen LogP contribution < -0.4 is 10.3 Å². The maximum atomic E-state index is 13.3. The van der Waals surface area contributed by atoms with E-state index >= 15 is 0 Å². The van der Waals surface area contributed by atoms with Crippen molar-refractivity contribution in [1.82, 2.24) is 24.8 Å². The molecule has 0 radical (unpaired) electrons. The molecule has 38 heavy (non-hydrogen) atoms. The smallest absolute Gasteiger partial charge is 0.316 e. The predicted molar refractivity (Wildman–Crippen MR) is 139 cm³/mol. The number of ether oxygens (including phenoxy) is 1. The molecule has 4 aromatic rings. The number of rotatable bonds is 6. The van der Waals surface area contributed by atoms with Gasteiger partial charge in [0.15, 0.2) is 6.10 Å². The normalized spacial score (nSPS) is 16.4. The number of aromatic nitrogens is 4. The maximum absolute atomic E-state index is 13.3. The first-order chi connectivity index (χ1) is 18.5. The van der Waals surface area contributed by atoms with E-state index in [1.165, 1.54) is 12.0 Å². The minimum absolute atomic E-state index is 0.109. The van der Waals surface area contributed by atoms with Gasteiger partial charge in [0.25, 0.3) is 11.5 Å². The quantitative estimate of drug-likeness (QED) is 0.410. The van der Waals surface area contributed by atoms with Gasteiger partial charge >= 0.3 is 6.01 Å². The van der Waals surface area contributed by atoms with Crippen LogP contribution in [0.2, 0.25) is 0 Å². The third-order valence-electron chi connectivity index (χ3n) is 7.49. The van der Waals surface area contributed by atoms with Crippen molar-refractivity contribution in [2.24, 2.45) is 0 Å². The predicted octanol–water partition coefficient (Wildman–Crippen LogP) is 2.93. The van der Waals surface area contributed by atoms with Crippen LogP contribution in [-0.4, -0.2) is 49.5 Å². The zero-order valence-corrected chi connectivity index (χ0v) is 20.9. The molecular weight excluding hydrogens is 482 g/mol. The summed E-state index contributed by atoms with van der Waals surface area (Å²) >= 11 is 0. The fourth-order valence-corrected chi connectivity index (χ4v) is 5.16. The molecule has 1 aliphatic heterocycles. The molecule has 0 bridgehead atoms. The zero-order valence-electron chi connectivity index (χ0n) is 20.9. The zero-order chi connectivity index (χ0) is 26.3. The molecule has 1 atom stereocenters. The lowest BCUT2D eigenvalue weighted by Crippen LogP contribution is -2.42. The van der Waals surface area contributed by atoms with Crippen LogP contribution in [0.25, 0.3) is 11.1 Å². The first-order valence-corrected chi connectivity index (χ1v) is 12.6. The van der Waals surface area contributed by atoms with Crippen molar-refractivity contribution in [3.05, 3.63) is 106 Å². The second kappa shape index (κ2) is 9.50. The van der Waals surface area contributed by atoms with E-state index in [4.69, 9.17) is 9.72 Å². The van der Waals surface area contributed by atoms with Crippen molar-refractivity contribution in [1.29, 1.82) is 0 Å². The SMILES string of the molecule is COc1ncc(-c2cccc(C(O)C(=O)N3CCc4nc(C5(c6ccccc6)CC5)[nH]c(=O)c4C3)c2)cn1. The Kier molecular flexibility index (Phi) is 6.00. The minimum Gasteiger partial charge on any atom is -0.467 e. The molecule has 1 saturated carbocycles. The summed E-state index contributed by atoms with van der Waals surface area (Å²) in [6.45, 7) is 0.487. The third-order valence-corrected chi connectivity index (χ3v) is 7.49. The van der Waals surface area contributed by atoms with Gasteiger partial charge in [0.2, 0.25) is 0 Å². The number of carbonyl (C=O) groups excluding carboxylic acids is 1. The number of aromatic amines is 1. The number of hydrogen-bond donors (Lipinski definition) is 2. The number of nitrogens with one attached hydrogen (secondary N) is 1. The van der Waals surface area contributed by atoms with Gasteiger partial charge in [-0.15, -0.1) is 0 Å². The first-order valence-electron chi connectivity index (χ1n) is 12.6. The third kappa shape index (κ3) is 4.24. The number of amides is 1. The molecule has 2 aromatic carbocycles. The van der Waals surface area contributed by atoms with E-state index in [2.05, 4.69) is 27.1 Å². The molecule has 6 rings (SSSR count). The minimum atomic E-state index is -1.37. The second-order valence-corrected chi connectivity index (χ2v) is 9.78. The molecule has 1 aliphatic carbocycles. The molecule has 0 spiro atoms. The Morgan fingerprint density at radius 2 is 1.84 bits per heavy atom. The van der Waals surface area contributed by atoms with Crippen molar-refractivity contribution in [2.75, 3.05) is 13.7 Å². The second-order valence-electron chi connectivity index (χ2n) is 9.78. The first kappa shape index (κ1) is 24.0. The van der Waals surface area contributed by atoms with Gasteiger partial charge in [0, 0.05) is 30.9 Å². The Morgan fingerprint density at radius 1 is 1.08 bits per heavy atom. The van der Waals surface area contributed by atoms with Gasteiger partial charge in [-0.1, -0.05) is 48.5 Å². The van der Waals surface area contributed by atoms with Crippen LogP contribution in [0.3, 0.4) is 0 Å². The van der Waals surface area contributed by atoms with Crippen molar-refractivity contribution in [2.45, 2.75) is 37.3 Å². The van der Waals surface area contributed by atoms with E-state index in [-0.39, 0.29) is 23.5 Å². The van der Waals surface area contributed by atoms with Crippen LogP contribution in [0.15, 0.2) is 71.8 Å². The van der Waals surface area contributed by atoms with Crippen molar-refractivity contribution < 1.29 is 14.6 Å². The molecule has 2 aromatic heterocycles. The molecule has 1 amide bonds. The average molecular weight is 510 g/mol. The molecule has 2 N–H and O–H groups in total. The topological polar surface area (TPSA) is 121 Å². The molecule has 1 fully saturated rings. The lowest BCUT2D eigenvalue weighted by Gasteiger charge is -2.30. The molecule has 2 aliphatic rings. The van der Waals surface area contributed by atoms with E-state index in [0.717, 1.165) is 35.2 Å². The molecule has 1 unspecified atom stereocenters. The molecule has 0 saturated heterocycles. The number of aliphatic hydroxyl groups is 1. The van der Waals surface area contributed by atoms with E-state index in [9.17, 15) is 14.7 Å².